The number of benzene rings is 1. The Bertz CT molecular complexity index is 482. The third kappa shape index (κ3) is 2.84. The van der Waals surface area contributed by atoms with Crippen LogP contribution >= 0.6 is 0 Å². The molecule has 0 spiro atoms. The summed E-state index contributed by atoms with van der Waals surface area (Å²) in [5.74, 6) is 5.08. The highest BCUT2D eigenvalue weighted by molar-refractivity contribution is 5.85. The first kappa shape index (κ1) is 14.6. The number of carbonyl (C=O) groups is 1. The summed E-state index contributed by atoms with van der Waals surface area (Å²) in [6.45, 7) is 2.69. The van der Waals surface area contributed by atoms with Crippen molar-refractivity contribution in [2.45, 2.75) is 44.4 Å². The van der Waals surface area contributed by atoms with E-state index in [0.29, 0.717) is 6.61 Å². The Morgan fingerprint density at radius 3 is 2.75 bits per heavy atom. The Kier molecular flexibility index (Phi) is 4.77. The quantitative estimate of drug-likeness (QED) is 0.388. The molecule has 0 aliphatic carbocycles. The largest absolute Gasteiger partial charge is 0.465 e. The zero-order chi connectivity index (χ0) is 14.4. The fourth-order valence-electron chi connectivity index (χ4n) is 2.87. The zero-order valence-corrected chi connectivity index (χ0v) is 12.0. The first-order chi connectivity index (χ1) is 9.73. The van der Waals surface area contributed by atoms with Gasteiger partial charge in [-0.1, -0.05) is 44.0 Å². The van der Waals surface area contributed by atoms with Crippen LogP contribution in [0.15, 0.2) is 29.4 Å². The lowest BCUT2D eigenvalue weighted by Gasteiger charge is -2.35. The van der Waals surface area contributed by atoms with Gasteiger partial charge in [-0.2, -0.15) is 5.10 Å². The van der Waals surface area contributed by atoms with Gasteiger partial charge in [0.05, 0.1) is 18.2 Å². The van der Waals surface area contributed by atoms with E-state index in [9.17, 15) is 4.79 Å². The fraction of sp³-hybridized carbons (Fsp3) is 0.500. The van der Waals surface area contributed by atoms with Crippen molar-refractivity contribution in [2.24, 2.45) is 10.9 Å². The number of hydrazone groups is 1. The van der Waals surface area contributed by atoms with Gasteiger partial charge in [-0.25, -0.2) is 0 Å². The molecule has 20 heavy (non-hydrogen) atoms. The number of unbranched alkanes of at least 4 members (excludes halogenated alkanes) is 1. The van der Waals surface area contributed by atoms with E-state index in [1.165, 1.54) is 0 Å². The highest BCUT2D eigenvalue weighted by Crippen LogP contribution is 2.38. The minimum atomic E-state index is -0.466. The first-order valence-electron chi connectivity index (χ1n) is 7.24. The van der Waals surface area contributed by atoms with E-state index < -0.39 is 5.41 Å². The van der Waals surface area contributed by atoms with E-state index in [1.54, 1.807) is 6.21 Å². The first-order valence-corrected chi connectivity index (χ1v) is 7.24. The Labute approximate surface area is 120 Å². The average molecular weight is 274 g/mol. The fourth-order valence-corrected chi connectivity index (χ4v) is 2.87. The lowest BCUT2D eigenvalue weighted by Crippen LogP contribution is -2.41. The van der Waals surface area contributed by atoms with E-state index in [1.807, 2.05) is 24.3 Å². The van der Waals surface area contributed by atoms with Gasteiger partial charge in [-0.3, -0.25) is 4.79 Å². The molecule has 0 bridgehead atoms. The van der Waals surface area contributed by atoms with Crippen molar-refractivity contribution >= 4 is 12.2 Å². The number of nitrogens with two attached hydrogens (primary N) is 1. The number of esters is 1. The Hall–Kier alpha value is -1.84. The van der Waals surface area contributed by atoms with Crippen molar-refractivity contribution in [1.29, 1.82) is 0 Å². The molecule has 4 nitrogen and oxygen atoms in total. The summed E-state index contributed by atoms with van der Waals surface area (Å²) >= 11 is 0. The van der Waals surface area contributed by atoms with Gasteiger partial charge in [0.15, 0.2) is 0 Å². The molecule has 0 radical (unpaired) electrons. The number of ether oxygens (including phenoxy) is 1. The molecule has 1 aliphatic heterocycles. The van der Waals surface area contributed by atoms with Crippen LogP contribution in [-0.2, 0) is 14.9 Å². The lowest BCUT2D eigenvalue weighted by molar-refractivity contribution is -0.156. The van der Waals surface area contributed by atoms with Gasteiger partial charge in [-0.05, 0) is 30.4 Å². The van der Waals surface area contributed by atoms with Crippen LogP contribution in [0.3, 0.4) is 0 Å². The number of hydrogen-bond donors (Lipinski definition) is 1. The molecule has 4 heteroatoms. The van der Waals surface area contributed by atoms with E-state index in [2.05, 4.69) is 12.0 Å². The van der Waals surface area contributed by atoms with Gasteiger partial charge in [0, 0.05) is 0 Å². The third-order valence-corrected chi connectivity index (χ3v) is 4.02. The number of cyclic esters (lactones) is 1. The number of carbonyl (C=O) groups excluding carboxylic acids is 1. The van der Waals surface area contributed by atoms with Crippen molar-refractivity contribution in [3.63, 3.8) is 0 Å². The van der Waals surface area contributed by atoms with Crippen molar-refractivity contribution < 1.29 is 9.53 Å². The minimum absolute atomic E-state index is 0.0718. The van der Waals surface area contributed by atoms with Crippen molar-refractivity contribution in [3.8, 4) is 0 Å². The molecule has 1 heterocycles. The number of rotatable bonds is 5. The predicted octanol–water partition coefficient (Wildman–Crippen LogP) is 2.74. The van der Waals surface area contributed by atoms with Gasteiger partial charge in [0.2, 0.25) is 0 Å². The van der Waals surface area contributed by atoms with E-state index in [0.717, 1.165) is 43.2 Å². The summed E-state index contributed by atoms with van der Waals surface area (Å²) < 4.78 is 5.34. The van der Waals surface area contributed by atoms with Crippen LogP contribution in [0.5, 0.6) is 0 Å². The molecule has 0 saturated carbocycles. The average Bonchev–Trinajstić information content (AvgIpc) is 2.48. The zero-order valence-electron chi connectivity index (χ0n) is 12.0. The highest BCUT2D eigenvalue weighted by Gasteiger charge is 2.42. The van der Waals surface area contributed by atoms with Gasteiger partial charge in [-0.15, -0.1) is 0 Å². The summed E-state index contributed by atoms with van der Waals surface area (Å²) in [5, 5.41) is 3.51. The maximum Gasteiger partial charge on any atom is 0.316 e. The maximum absolute atomic E-state index is 12.4. The summed E-state index contributed by atoms with van der Waals surface area (Å²) in [7, 11) is 0. The monoisotopic (exact) mass is 274 g/mol. The van der Waals surface area contributed by atoms with Crippen molar-refractivity contribution in [2.75, 3.05) is 6.61 Å². The normalized spacial score (nSPS) is 22.9. The van der Waals surface area contributed by atoms with Crippen LogP contribution < -0.4 is 5.84 Å². The SMILES string of the molecule is CCCCC1(c2ccc(C=NN)cc2)CCCOC1=O. The molecule has 0 amide bonds. The number of hydrogen-bond acceptors (Lipinski definition) is 4. The van der Waals surface area contributed by atoms with Crippen LogP contribution in [0.1, 0.15) is 50.2 Å². The molecule has 1 aromatic carbocycles. The molecule has 2 rings (SSSR count). The van der Waals surface area contributed by atoms with Crippen LogP contribution in [-0.4, -0.2) is 18.8 Å². The second-order valence-corrected chi connectivity index (χ2v) is 5.33. The van der Waals surface area contributed by atoms with Crippen LogP contribution in [0.4, 0.5) is 0 Å². The summed E-state index contributed by atoms with van der Waals surface area (Å²) in [4.78, 5) is 12.4. The second kappa shape index (κ2) is 6.55. The molecular weight excluding hydrogens is 252 g/mol. The van der Waals surface area contributed by atoms with E-state index >= 15 is 0 Å². The van der Waals surface area contributed by atoms with Crippen LogP contribution in [0.25, 0.3) is 0 Å². The molecule has 1 saturated heterocycles. The Morgan fingerprint density at radius 2 is 2.15 bits per heavy atom. The van der Waals surface area contributed by atoms with Gasteiger partial charge >= 0.3 is 5.97 Å². The molecule has 0 aromatic heterocycles. The summed E-state index contributed by atoms with van der Waals surface area (Å²) in [6, 6.07) is 7.89. The van der Waals surface area contributed by atoms with Gasteiger partial charge in [0.25, 0.3) is 0 Å². The molecule has 2 N–H and O–H groups in total. The lowest BCUT2D eigenvalue weighted by atomic mass is 9.72. The Balaban J connectivity index is 2.32. The van der Waals surface area contributed by atoms with Gasteiger partial charge < -0.3 is 10.6 Å². The molecule has 1 aliphatic rings. The van der Waals surface area contributed by atoms with E-state index in [4.69, 9.17) is 10.6 Å². The molecule has 1 fully saturated rings. The smallest absolute Gasteiger partial charge is 0.316 e. The topological polar surface area (TPSA) is 64.7 Å². The maximum atomic E-state index is 12.4. The number of nitrogens with zero attached hydrogens (tertiary/aromatic N) is 1. The third-order valence-electron chi connectivity index (χ3n) is 4.02. The molecule has 1 aromatic rings. The molecule has 1 unspecified atom stereocenters. The Morgan fingerprint density at radius 1 is 1.40 bits per heavy atom. The standard InChI is InChI=1S/C16H22N2O2/c1-2-3-9-16(10-4-11-20-15(16)19)14-7-5-13(6-8-14)12-18-17/h5-8,12H,2-4,9-11,17H2,1H3. The van der Waals surface area contributed by atoms with Crippen molar-refractivity contribution in [1.82, 2.24) is 0 Å². The summed E-state index contributed by atoms with van der Waals surface area (Å²) in [6.07, 6.45) is 6.36. The molecule has 1 atom stereocenters. The highest BCUT2D eigenvalue weighted by atomic mass is 16.5. The van der Waals surface area contributed by atoms with E-state index in [-0.39, 0.29) is 5.97 Å². The van der Waals surface area contributed by atoms with Crippen LogP contribution in [0.2, 0.25) is 0 Å². The predicted molar refractivity (Wildman–Crippen MR) is 79.6 cm³/mol. The molecular formula is C16H22N2O2. The van der Waals surface area contributed by atoms with Crippen LogP contribution in [0, 0.1) is 0 Å². The summed E-state index contributed by atoms with van der Waals surface area (Å²) in [5.41, 5.74) is 1.52. The van der Waals surface area contributed by atoms with Gasteiger partial charge in [0.1, 0.15) is 0 Å². The van der Waals surface area contributed by atoms with Crippen molar-refractivity contribution in [3.05, 3.63) is 35.4 Å². The second-order valence-electron chi connectivity index (χ2n) is 5.33. The minimum Gasteiger partial charge on any atom is -0.465 e. The molecule has 108 valence electrons.